The van der Waals surface area contributed by atoms with Crippen LogP contribution in [0.15, 0.2) is 58.2 Å². The van der Waals surface area contributed by atoms with Crippen LogP contribution in [-0.4, -0.2) is 25.0 Å². The molecule has 0 aliphatic heterocycles. The molecule has 0 radical (unpaired) electrons. The lowest BCUT2D eigenvalue weighted by atomic mass is 10.1. The molecule has 154 valence electrons. The molecule has 4 rings (SSSR count). The minimum absolute atomic E-state index is 0.0607. The molecule has 0 fully saturated rings. The predicted molar refractivity (Wildman–Crippen MR) is 105 cm³/mol. The van der Waals surface area contributed by atoms with Crippen LogP contribution in [0.2, 0.25) is 5.02 Å². The quantitative estimate of drug-likeness (QED) is 0.347. The van der Waals surface area contributed by atoms with Crippen LogP contribution in [0.4, 0.5) is 13.2 Å². The summed E-state index contributed by atoms with van der Waals surface area (Å²) in [5.41, 5.74) is 0.120. The average molecular weight is 453 g/mol. The van der Waals surface area contributed by atoms with Gasteiger partial charge in [0.05, 0.1) is 11.3 Å². The fourth-order valence-electron chi connectivity index (χ4n) is 2.59. The molecule has 0 amide bonds. The molecule has 0 spiro atoms. The second-order valence-electron chi connectivity index (χ2n) is 6.07. The van der Waals surface area contributed by atoms with Gasteiger partial charge in [-0.05, 0) is 24.3 Å². The van der Waals surface area contributed by atoms with Gasteiger partial charge in [0.2, 0.25) is 16.9 Å². The summed E-state index contributed by atoms with van der Waals surface area (Å²) in [5, 5.41) is 12.8. The second kappa shape index (κ2) is 8.00. The molecule has 2 N–H and O–H groups in total. The van der Waals surface area contributed by atoms with E-state index in [2.05, 4.69) is 20.3 Å². The number of aromatic nitrogens is 5. The summed E-state index contributed by atoms with van der Waals surface area (Å²) in [6, 6.07) is 11.7. The van der Waals surface area contributed by atoms with Crippen LogP contribution in [-0.2, 0) is 11.9 Å². The summed E-state index contributed by atoms with van der Waals surface area (Å²) >= 11 is 7.18. The zero-order chi connectivity index (χ0) is 21.3. The first kappa shape index (κ1) is 20.2. The number of alkyl halides is 3. The first-order valence-electron chi connectivity index (χ1n) is 8.41. The number of hydrogen-bond acceptors (Lipinski definition) is 7. The standard InChI is InChI=1S/C18H12ClF3N6OS/c19-13-6-2-4-11(8-13)16-25-26-17(28(16)23)30-9-14-24-15(27-29-14)10-3-1-5-12(7-10)18(20,21)22/h1-8H,9,23H2. The Balaban J connectivity index is 1.48. The highest BCUT2D eigenvalue weighted by Gasteiger charge is 2.30. The van der Waals surface area contributed by atoms with Crippen molar-refractivity contribution in [3.63, 3.8) is 0 Å². The van der Waals surface area contributed by atoms with Crippen molar-refractivity contribution in [3.8, 4) is 22.8 Å². The normalized spacial score (nSPS) is 11.7. The van der Waals surface area contributed by atoms with E-state index in [4.69, 9.17) is 22.0 Å². The largest absolute Gasteiger partial charge is 0.416 e. The van der Waals surface area contributed by atoms with Crippen LogP contribution < -0.4 is 5.84 Å². The Hall–Kier alpha value is -3.05. The van der Waals surface area contributed by atoms with E-state index in [0.29, 0.717) is 21.6 Å². The van der Waals surface area contributed by atoms with Gasteiger partial charge < -0.3 is 10.4 Å². The molecule has 0 bridgehead atoms. The van der Waals surface area contributed by atoms with E-state index in [-0.39, 0.29) is 23.0 Å². The predicted octanol–water partition coefficient (Wildman–Crippen LogP) is 4.67. The molecule has 0 atom stereocenters. The van der Waals surface area contributed by atoms with E-state index < -0.39 is 11.7 Å². The maximum Gasteiger partial charge on any atom is 0.416 e. The van der Waals surface area contributed by atoms with Gasteiger partial charge in [-0.15, -0.1) is 10.2 Å². The number of rotatable bonds is 5. The zero-order valence-electron chi connectivity index (χ0n) is 15.0. The first-order valence-corrected chi connectivity index (χ1v) is 9.77. The highest BCUT2D eigenvalue weighted by atomic mass is 35.5. The van der Waals surface area contributed by atoms with Crippen LogP contribution >= 0.6 is 23.4 Å². The SMILES string of the molecule is Nn1c(SCc2nc(-c3cccc(C(F)(F)F)c3)no2)nnc1-c1cccc(Cl)c1. The van der Waals surface area contributed by atoms with Crippen LogP contribution in [0.3, 0.4) is 0 Å². The molecule has 12 heteroatoms. The van der Waals surface area contributed by atoms with Crippen LogP contribution in [0.5, 0.6) is 0 Å². The van der Waals surface area contributed by atoms with E-state index in [0.717, 1.165) is 12.1 Å². The highest BCUT2D eigenvalue weighted by molar-refractivity contribution is 7.98. The van der Waals surface area contributed by atoms with Gasteiger partial charge in [0.15, 0.2) is 5.82 Å². The second-order valence-corrected chi connectivity index (χ2v) is 7.44. The Kier molecular flexibility index (Phi) is 5.39. The molecule has 7 nitrogen and oxygen atoms in total. The van der Waals surface area contributed by atoms with Gasteiger partial charge in [-0.25, -0.2) is 4.68 Å². The van der Waals surface area contributed by atoms with Gasteiger partial charge in [-0.2, -0.15) is 18.2 Å². The number of hydrogen-bond donors (Lipinski definition) is 1. The molecule has 30 heavy (non-hydrogen) atoms. The number of nitrogen functional groups attached to an aromatic ring is 1. The minimum atomic E-state index is -4.45. The summed E-state index contributed by atoms with van der Waals surface area (Å²) in [4.78, 5) is 4.14. The molecule has 4 aromatic rings. The van der Waals surface area contributed by atoms with Crippen molar-refractivity contribution in [3.05, 3.63) is 65.0 Å². The Bertz CT molecular complexity index is 1190. The minimum Gasteiger partial charge on any atom is -0.338 e. The molecule has 2 heterocycles. The van der Waals surface area contributed by atoms with Crippen molar-refractivity contribution < 1.29 is 17.7 Å². The van der Waals surface area contributed by atoms with Crippen molar-refractivity contribution in [2.24, 2.45) is 0 Å². The van der Waals surface area contributed by atoms with Gasteiger partial charge in [0, 0.05) is 16.1 Å². The van der Waals surface area contributed by atoms with Crippen molar-refractivity contribution >= 4 is 23.4 Å². The topological polar surface area (TPSA) is 95.7 Å². The zero-order valence-corrected chi connectivity index (χ0v) is 16.5. The Morgan fingerprint density at radius 1 is 1.07 bits per heavy atom. The van der Waals surface area contributed by atoms with E-state index in [1.165, 1.54) is 28.6 Å². The van der Waals surface area contributed by atoms with Gasteiger partial charge in [-0.3, -0.25) is 0 Å². The van der Waals surface area contributed by atoms with Crippen molar-refractivity contribution in [1.82, 2.24) is 25.0 Å². The molecule has 0 saturated carbocycles. The van der Waals surface area contributed by atoms with Crippen molar-refractivity contribution in [1.29, 1.82) is 0 Å². The number of nitrogens with two attached hydrogens (primary N) is 1. The van der Waals surface area contributed by atoms with E-state index in [9.17, 15) is 13.2 Å². The summed E-state index contributed by atoms with van der Waals surface area (Å²) in [6.45, 7) is 0. The summed E-state index contributed by atoms with van der Waals surface area (Å²) in [7, 11) is 0. The molecule has 2 aromatic heterocycles. The van der Waals surface area contributed by atoms with Crippen LogP contribution in [0.25, 0.3) is 22.8 Å². The number of nitrogens with zero attached hydrogens (tertiary/aromatic N) is 5. The average Bonchev–Trinajstić information content (AvgIpc) is 3.33. The smallest absolute Gasteiger partial charge is 0.338 e. The molecular formula is C18H12ClF3N6OS. The molecule has 0 aliphatic rings. The Labute approximate surface area is 177 Å². The third-order valence-electron chi connectivity index (χ3n) is 3.99. The van der Waals surface area contributed by atoms with Gasteiger partial charge in [-0.1, -0.05) is 52.8 Å². The maximum atomic E-state index is 12.9. The first-order chi connectivity index (χ1) is 14.3. The van der Waals surface area contributed by atoms with Gasteiger partial charge in [0.25, 0.3) is 0 Å². The monoisotopic (exact) mass is 452 g/mol. The third kappa shape index (κ3) is 4.26. The number of benzene rings is 2. The summed E-state index contributed by atoms with van der Waals surface area (Å²) in [6.07, 6.45) is -4.45. The maximum absolute atomic E-state index is 12.9. The summed E-state index contributed by atoms with van der Waals surface area (Å²) in [5.74, 6) is 6.96. The lowest BCUT2D eigenvalue weighted by Gasteiger charge is -2.06. The van der Waals surface area contributed by atoms with E-state index in [1.54, 1.807) is 24.3 Å². The van der Waals surface area contributed by atoms with Crippen LogP contribution in [0.1, 0.15) is 11.5 Å². The summed E-state index contributed by atoms with van der Waals surface area (Å²) < 4.78 is 45.1. The molecule has 2 aromatic carbocycles. The fourth-order valence-corrected chi connectivity index (χ4v) is 3.48. The Morgan fingerprint density at radius 2 is 1.83 bits per heavy atom. The fraction of sp³-hybridized carbons (Fsp3) is 0.111. The van der Waals surface area contributed by atoms with Gasteiger partial charge >= 0.3 is 6.18 Å². The van der Waals surface area contributed by atoms with Crippen LogP contribution in [0, 0.1) is 0 Å². The molecule has 0 saturated heterocycles. The third-order valence-corrected chi connectivity index (χ3v) is 5.15. The molecular weight excluding hydrogens is 441 g/mol. The lowest BCUT2D eigenvalue weighted by Crippen LogP contribution is -2.11. The van der Waals surface area contributed by atoms with Crippen molar-refractivity contribution in [2.45, 2.75) is 17.1 Å². The van der Waals surface area contributed by atoms with E-state index in [1.807, 2.05) is 0 Å². The van der Waals surface area contributed by atoms with E-state index >= 15 is 0 Å². The number of thioether (sulfide) groups is 1. The lowest BCUT2D eigenvalue weighted by molar-refractivity contribution is -0.137. The molecule has 0 aliphatic carbocycles. The van der Waals surface area contributed by atoms with Crippen molar-refractivity contribution in [2.75, 3.05) is 5.84 Å². The van der Waals surface area contributed by atoms with Gasteiger partial charge in [0.1, 0.15) is 0 Å². The molecule has 0 unspecified atom stereocenters. The highest BCUT2D eigenvalue weighted by Crippen LogP contribution is 2.32. The number of halogens is 4. The Morgan fingerprint density at radius 3 is 2.60 bits per heavy atom.